The third-order valence-corrected chi connectivity index (χ3v) is 10.4. The van der Waals surface area contributed by atoms with Crippen molar-refractivity contribution in [3.63, 3.8) is 0 Å². The molecule has 10 aromatic carbocycles. The quantitative estimate of drug-likeness (QED) is 0.182. The molecule has 0 fully saturated rings. The molecule has 0 amide bonds. The lowest BCUT2D eigenvalue weighted by Gasteiger charge is -2.16. The predicted octanol–water partition coefficient (Wildman–Crippen LogP) is 13.3. The summed E-state index contributed by atoms with van der Waals surface area (Å²) in [6.45, 7) is 0. The van der Waals surface area contributed by atoms with Gasteiger partial charge in [-0.05, 0) is 99.5 Å². The van der Waals surface area contributed by atoms with E-state index in [0.717, 1.165) is 27.5 Å². The molecule has 0 aliphatic heterocycles. The van der Waals surface area contributed by atoms with Gasteiger partial charge in [0.05, 0.1) is 0 Å². The van der Waals surface area contributed by atoms with Crippen LogP contribution in [0.1, 0.15) is 0 Å². The van der Waals surface area contributed by atoms with E-state index in [2.05, 4.69) is 158 Å². The van der Waals surface area contributed by atoms with Crippen molar-refractivity contribution in [2.24, 2.45) is 0 Å². The van der Waals surface area contributed by atoms with Gasteiger partial charge in [-0.2, -0.15) is 0 Å². The van der Waals surface area contributed by atoms with E-state index in [9.17, 15) is 0 Å². The van der Waals surface area contributed by atoms with Gasteiger partial charge < -0.3 is 4.42 Å². The Morgan fingerprint density at radius 2 is 0.851 bits per heavy atom. The van der Waals surface area contributed by atoms with Crippen LogP contribution in [0.2, 0.25) is 0 Å². The molecule has 0 N–H and O–H groups in total. The summed E-state index contributed by atoms with van der Waals surface area (Å²) in [5.74, 6) is 0. The van der Waals surface area contributed by atoms with Crippen molar-refractivity contribution >= 4 is 86.6 Å². The van der Waals surface area contributed by atoms with Gasteiger partial charge in [-0.25, -0.2) is 0 Å². The van der Waals surface area contributed by atoms with Gasteiger partial charge in [0.15, 0.2) is 0 Å². The van der Waals surface area contributed by atoms with Gasteiger partial charge in [0.25, 0.3) is 0 Å². The first-order valence-corrected chi connectivity index (χ1v) is 16.3. The fourth-order valence-electron chi connectivity index (χ4n) is 8.25. The maximum absolute atomic E-state index is 6.97. The van der Waals surface area contributed by atoms with Gasteiger partial charge in [0.2, 0.25) is 0 Å². The number of fused-ring (bicyclic) bond motifs is 7. The van der Waals surface area contributed by atoms with Crippen LogP contribution in [0.5, 0.6) is 0 Å². The first-order valence-electron chi connectivity index (χ1n) is 16.3. The molecule has 0 aliphatic carbocycles. The molecule has 0 saturated heterocycles. The zero-order valence-electron chi connectivity index (χ0n) is 25.4. The molecule has 47 heavy (non-hydrogen) atoms. The molecule has 1 heteroatoms. The largest absolute Gasteiger partial charge is 0.455 e. The number of benzene rings is 10. The Labute approximate surface area is 270 Å². The summed E-state index contributed by atoms with van der Waals surface area (Å²) in [7, 11) is 0. The summed E-state index contributed by atoms with van der Waals surface area (Å²) >= 11 is 0. The second-order valence-corrected chi connectivity index (χ2v) is 12.8. The Balaban J connectivity index is 1.28. The maximum Gasteiger partial charge on any atom is 0.143 e. The first-order chi connectivity index (χ1) is 23.3. The van der Waals surface area contributed by atoms with E-state index < -0.39 is 0 Å². The maximum atomic E-state index is 6.97. The third kappa shape index (κ3) is 3.43. The summed E-state index contributed by atoms with van der Waals surface area (Å²) in [5.41, 5.74) is 6.56. The molecule has 0 bridgehead atoms. The molecule has 11 aromatic rings. The normalized spacial score (nSPS) is 12.3. The van der Waals surface area contributed by atoms with Crippen LogP contribution in [0, 0.1) is 0 Å². The highest BCUT2D eigenvalue weighted by Crippen LogP contribution is 2.47. The SMILES string of the molecule is c1ccc2cc3c(cc2c1)oc1c(-c2cccc4c2ccc2ccccc24)ccc(-c2ccc4ccc5cccc6ccc2c4c56)c13. The van der Waals surface area contributed by atoms with E-state index in [0.29, 0.717) is 0 Å². The van der Waals surface area contributed by atoms with Crippen molar-refractivity contribution < 1.29 is 4.42 Å². The summed E-state index contributed by atoms with van der Waals surface area (Å²) in [4.78, 5) is 0. The van der Waals surface area contributed by atoms with E-state index in [1.54, 1.807) is 0 Å². The smallest absolute Gasteiger partial charge is 0.143 e. The van der Waals surface area contributed by atoms with E-state index in [4.69, 9.17) is 4.42 Å². The molecular weight excluding hydrogens is 569 g/mol. The molecular formula is C46H26O. The van der Waals surface area contributed by atoms with Crippen LogP contribution in [-0.2, 0) is 0 Å². The molecule has 0 radical (unpaired) electrons. The Morgan fingerprint density at radius 1 is 0.277 bits per heavy atom. The Kier molecular flexibility index (Phi) is 4.90. The van der Waals surface area contributed by atoms with Crippen LogP contribution < -0.4 is 0 Å². The zero-order valence-corrected chi connectivity index (χ0v) is 25.4. The van der Waals surface area contributed by atoms with E-state index >= 15 is 0 Å². The number of furan rings is 1. The van der Waals surface area contributed by atoms with Crippen molar-refractivity contribution in [3.8, 4) is 22.3 Å². The topological polar surface area (TPSA) is 13.1 Å². The highest BCUT2D eigenvalue weighted by molar-refractivity contribution is 6.28. The van der Waals surface area contributed by atoms with Gasteiger partial charge in [0.1, 0.15) is 11.2 Å². The van der Waals surface area contributed by atoms with Gasteiger partial charge >= 0.3 is 0 Å². The van der Waals surface area contributed by atoms with Crippen LogP contribution in [0.15, 0.2) is 162 Å². The fourth-order valence-corrected chi connectivity index (χ4v) is 8.25. The molecule has 0 atom stereocenters. The molecule has 0 spiro atoms. The molecule has 1 aromatic heterocycles. The lowest BCUT2D eigenvalue weighted by molar-refractivity contribution is 0.670. The van der Waals surface area contributed by atoms with Crippen LogP contribution in [0.25, 0.3) is 109 Å². The molecule has 1 nitrogen and oxygen atoms in total. The van der Waals surface area contributed by atoms with E-state index in [-0.39, 0.29) is 0 Å². The molecule has 0 saturated carbocycles. The highest BCUT2D eigenvalue weighted by Gasteiger charge is 2.21. The van der Waals surface area contributed by atoms with E-state index in [1.165, 1.54) is 81.3 Å². The van der Waals surface area contributed by atoms with E-state index in [1.807, 2.05) is 0 Å². The first kappa shape index (κ1) is 25.1. The van der Waals surface area contributed by atoms with Crippen molar-refractivity contribution in [1.29, 1.82) is 0 Å². The number of hydrogen-bond acceptors (Lipinski definition) is 1. The summed E-state index contributed by atoms with van der Waals surface area (Å²) in [6.07, 6.45) is 0. The van der Waals surface area contributed by atoms with Crippen molar-refractivity contribution in [2.45, 2.75) is 0 Å². The molecule has 11 rings (SSSR count). The summed E-state index contributed by atoms with van der Waals surface area (Å²) < 4.78 is 6.97. The number of hydrogen-bond donors (Lipinski definition) is 0. The zero-order chi connectivity index (χ0) is 30.6. The standard InChI is InChI=1S/C46H26O/c1-2-9-32-26-42-41(25-31(32)8-1)45-39(37-21-18-30-16-15-28-10-5-11-29-19-22-38(37)44(30)43(28)29)23-24-40(46(45)47-42)35-14-6-13-34-33-12-4-3-7-27(33)17-20-36(34)35/h1-26H. The van der Waals surface area contributed by atoms with Crippen LogP contribution in [0.3, 0.4) is 0 Å². The predicted molar refractivity (Wildman–Crippen MR) is 201 cm³/mol. The second-order valence-electron chi connectivity index (χ2n) is 12.8. The Morgan fingerprint density at radius 3 is 1.72 bits per heavy atom. The minimum Gasteiger partial charge on any atom is -0.455 e. The fraction of sp³-hybridized carbons (Fsp3) is 0. The van der Waals surface area contributed by atoms with Gasteiger partial charge in [-0.1, -0.05) is 140 Å². The minimum atomic E-state index is 0.913. The number of rotatable bonds is 2. The Bertz CT molecular complexity index is 3050. The van der Waals surface area contributed by atoms with Crippen molar-refractivity contribution in [1.82, 2.24) is 0 Å². The average molecular weight is 595 g/mol. The molecule has 0 unspecified atom stereocenters. The molecule has 216 valence electrons. The Hall–Kier alpha value is -6.18. The third-order valence-electron chi connectivity index (χ3n) is 10.4. The minimum absolute atomic E-state index is 0.913. The van der Waals surface area contributed by atoms with Gasteiger partial charge in [-0.3, -0.25) is 0 Å². The van der Waals surface area contributed by atoms with Gasteiger partial charge in [-0.15, -0.1) is 0 Å². The summed E-state index contributed by atoms with van der Waals surface area (Å²) in [5, 5.41) is 17.5. The van der Waals surface area contributed by atoms with Crippen molar-refractivity contribution in [3.05, 3.63) is 158 Å². The molecule has 0 aliphatic rings. The lowest BCUT2D eigenvalue weighted by Crippen LogP contribution is -1.89. The molecule has 1 heterocycles. The average Bonchev–Trinajstić information content (AvgIpc) is 3.50. The summed E-state index contributed by atoms with van der Waals surface area (Å²) in [6, 6.07) is 57.8. The highest BCUT2D eigenvalue weighted by atomic mass is 16.3. The van der Waals surface area contributed by atoms with Gasteiger partial charge in [0, 0.05) is 16.3 Å². The monoisotopic (exact) mass is 594 g/mol. The van der Waals surface area contributed by atoms with Crippen LogP contribution >= 0.6 is 0 Å². The van der Waals surface area contributed by atoms with Crippen LogP contribution in [0.4, 0.5) is 0 Å². The second kappa shape index (κ2) is 9.19. The van der Waals surface area contributed by atoms with Crippen LogP contribution in [-0.4, -0.2) is 0 Å². The van der Waals surface area contributed by atoms with Crippen molar-refractivity contribution in [2.75, 3.05) is 0 Å². The lowest BCUT2D eigenvalue weighted by atomic mass is 9.87.